The minimum absolute atomic E-state index is 0.239. The van der Waals surface area contributed by atoms with Crippen LogP contribution in [0, 0.1) is 5.92 Å². The molecule has 0 saturated heterocycles. The summed E-state index contributed by atoms with van der Waals surface area (Å²) >= 11 is 3.63. The molecule has 16 heavy (non-hydrogen) atoms. The molecule has 1 N–H and O–H groups in total. The van der Waals surface area contributed by atoms with E-state index in [1.54, 1.807) is 0 Å². The standard InChI is InChI=1S/C12H22BrNO2/c1-8-5-9(13)7-10(6-8)14-11(15)16-12(2,3)4/h8-10H,5-7H2,1-4H3,(H,14,15)/t8-,9?,10-/m1/s1. The highest BCUT2D eigenvalue weighted by atomic mass is 79.9. The van der Waals surface area contributed by atoms with Crippen molar-refractivity contribution >= 4 is 22.0 Å². The van der Waals surface area contributed by atoms with E-state index in [-0.39, 0.29) is 12.1 Å². The Bertz CT molecular complexity index is 240. The highest BCUT2D eigenvalue weighted by molar-refractivity contribution is 9.09. The molecule has 1 rings (SSSR count). The van der Waals surface area contributed by atoms with Gasteiger partial charge in [-0.2, -0.15) is 0 Å². The molecular weight excluding hydrogens is 270 g/mol. The van der Waals surface area contributed by atoms with Crippen LogP contribution in [0.4, 0.5) is 4.79 Å². The summed E-state index contributed by atoms with van der Waals surface area (Å²) in [6.07, 6.45) is 2.92. The molecule has 0 bridgehead atoms. The molecule has 4 heteroatoms. The molecule has 3 atom stereocenters. The third kappa shape index (κ3) is 5.19. The summed E-state index contributed by atoms with van der Waals surface area (Å²) in [6, 6.07) is 0.239. The topological polar surface area (TPSA) is 38.3 Å². The van der Waals surface area contributed by atoms with Crippen molar-refractivity contribution in [2.75, 3.05) is 0 Å². The fraction of sp³-hybridized carbons (Fsp3) is 0.917. The number of carbonyl (C=O) groups is 1. The maximum absolute atomic E-state index is 11.6. The van der Waals surface area contributed by atoms with Crippen LogP contribution in [0.3, 0.4) is 0 Å². The summed E-state index contributed by atoms with van der Waals surface area (Å²) in [4.78, 5) is 12.1. The summed E-state index contributed by atoms with van der Waals surface area (Å²) in [5, 5.41) is 2.95. The van der Waals surface area contributed by atoms with Crippen LogP contribution in [0.5, 0.6) is 0 Å². The van der Waals surface area contributed by atoms with Gasteiger partial charge in [-0.25, -0.2) is 4.79 Å². The lowest BCUT2D eigenvalue weighted by Gasteiger charge is -2.31. The minimum Gasteiger partial charge on any atom is -0.444 e. The first-order valence-electron chi connectivity index (χ1n) is 5.90. The molecule has 1 amide bonds. The molecule has 1 aliphatic carbocycles. The smallest absolute Gasteiger partial charge is 0.407 e. The maximum Gasteiger partial charge on any atom is 0.407 e. The summed E-state index contributed by atoms with van der Waals surface area (Å²) in [5.41, 5.74) is -0.418. The largest absolute Gasteiger partial charge is 0.444 e. The van der Waals surface area contributed by atoms with E-state index in [9.17, 15) is 4.79 Å². The Kier molecular flexibility index (Phi) is 4.65. The number of ether oxygens (including phenoxy) is 1. The molecule has 1 unspecified atom stereocenters. The molecule has 0 aromatic rings. The van der Waals surface area contributed by atoms with E-state index in [4.69, 9.17) is 4.74 Å². The zero-order valence-electron chi connectivity index (χ0n) is 10.5. The molecule has 1 fully saturated rings. The molecule has 0 aromatic carbocycles. The number of hydrogen-bond donors (Lipinski definition) is 1. The van der Waals surface area contributed by atoms with Gasteiger partial charge in [0, 0.05) is 10.9 Å². The molecule has 0 aliphatic heterocycles. The third-order valence-electron chi connectivity index (χ3n) is 2.61. The number of hydrogen-bond acceptors (Lipinski definition) is 2. The van der Waals surface area contributed by atoms with E-state index in [1.165, 1.54) is 6.42 Å². The lowest BCUT2D eigenvalue weighted by molar-refractivity contribution is 0.0488. The van der Waals surface area contributed by atoms with Gasteiger partial charge in [-0.05, 0) is 46.0 Å². The van der Waals surface area contributed by atoms with E-state index in [2.05, 4.69) is 28.2 Å². The molecule has 0 aromatic heterocycles. The Balaban J connectivity index is 2.39. The van der Waals surface area contributed by atoms with Crippen LogP contribution in [-0.4, -0.2) is 22.6 Å². The highest BCUT2D eigenvalue weighted by Crippen LogP contribution is 2.29. The molecule has 0 heterocycles. The number of rotatable bonds is 1. The van der Waals surface area contributed by atoms with Crippen LogP contribution in [0.2, 0.25) is 0 Å². The Hall–Kier alpha value is -0.250. The monoisotopic (exact) mass is 291 g/mol. The van der Waals surface area contributed by atoms with Crippen LogP contribution in [-0.2, 0) is 4.74 Å². The lowest BCUT2D eigenvalue weighted by atomic mass is 9.87. The number of alkyl carbamates (subject to hydrolysis) is 1. The molecular formula is C12H22BrNO2. The summed E-state index contributed by atoms with van der Waals surface area (Å²) in [5.74, 6) is 0.651. The average molecular weight is 292 g/mol. The molecule has 1 saturated carbocycles. The predicted molar refractivity (Wildman–Crippen MR) is 68.9 cm³/mol. The van der Waals surface area contributed by atoms with Crippen LogP contribution < -0.4 is 5.32 Å². The molecule has 0 radical (unpaired) electrons. The molecule has 94 valence electrons. The van der Waals surface area contributed by atoms with Gasteiger partial charge in [0.2, 0.25) is 0 Å². The van der Waals surface area contributed by atoms with Gasteiger partial charge < -0.3 is 10.1 Å². The fourth-order valence-corrected chi connectivity index (χ4v) is 3.20. The summed E-state index contributed by atoms with van der Waals surface area (Å²) < 4.78 is 5.25. The number of nitrogens with one attached hydrogen (secondary N) is 1. The van der Waals surface area contributed by atoms with Crippen LogP contribution in [0.25, 0.3) is 0 Å². The minimum atomic E-state index is -0.418. The second-order valence-corrected chi connectivity index (χ2v) is 7.05. The SMILES string of the molecule is C[C@@H]1CC(Br)C[C@H](NC(=O)OC(C)(C)C)C1. The first kappa shape index (κ1) is 13.8. The van der Waals surface area contributed by atoms with Crippen molar-refractivity contribution in [1.82, 2.24) is 5.32 Å². The predicted octanol–water partition coefficient (Wildman–Crippen LogP) is 3.46. The van der Waals surface area contributed by atoms with Crippen molar-refractivity contribution in [3.63, 3.8) is 0 Å². The van der Waals surface area contributed by atoms with Gasteiger partial charge in [0.1, 0.15) is 5.60 Å². The lowest BCUT2D eigenvalue weighted by Crippen LogP contribution is -2.43. The van der Waals surface area contributed by atoms with Crippen molar-refractivity contribution < 1.29 is 9.53 Å². The summed E-state index contributed by atoms with van der Waals surface area (Å²) in [6.45, 7) is 7.85. The normalized spacial score (nSPS) is 30.9. The van der Waals surface area contributed by atoms with Crippen molar-refractivity contribution in [3.8, 4) is 0 Å². The van der Waals surface area contributed by atoms with E-state index in [1.807, 2.05) is 20.8 Å². The molecule has 1 aliphatic rings. The van der Waals surface area contributed by atoms with Crippen LogP contribution in [0.15, 0.2) is 0 Å². The quantitative estimate of drug-likeness (QED) is 0.752. The number of carbonyl (C=O) groups excluding carboxylic acids is 1. The van der Waals surface area contributed by atoms with Gasteiger partial charge in [-0.15, -0.1) is 0 Å². The van der Waals surface area contributed by atoms with E-state index in [0.29, 0.717) is 10.7 Å². The zero-order chi connectivity index (χ0) is 12.3. The first-order chi connectivity index (χ1) is 7.26. The Morgan fingerprint density at radius 1 is 1.31 bits per heavy atom. The number of halogens is 1. The second-order valence-electron chi connectivity index (χ2n) is 5.75. The highest BCUT2D eigenvalue weighted by Gasteiger charge is 2.27. The van der Waals surface area contributed by atoms with Crippen LogP contribution in [0.1, 0.15) is 47.0 Å². The van der Waals surface area contributed by atoms with Gasteiger partial charge in [0.15, 0.2) is 0 Å². The van der Waals surface area contributed by atoms with E-state index < -0.39 is 5.60 Å². The van der Waals surface area contributed by atoms with Crippen molar-refractivity contribution in [1.29, 1.82) is 0 Å². The Morgan fingerprint density at radius 2 is 1.94 bits per heavy atom. The van der Waals surface area contributed by atoms with E-state index >= 15 is 0 Å². The van der Waals surface area contributed by atoms with Gasteiger partial charge >= 0.3 is 6.09 Å². The Labute approximate surface area is 106 Å². The van der Waals surface area contributed by atoms with Gasteiger partial charge in [0.25, 0.3) is 0 Å². The van der Waals surface area contributed by atoms with Crippen molar-refractivity contribution in [2.24, 2.45) is 5.92 Å². The van der Waals surface area contributed by atoms with Gasteiger partial charge in [0.05, 0.1) is 0 Å². The summed E-state index contributed by atoms with van der Waals surface area (Å²) in [7, 11) is 0. The maximum atomic E-state index is 11.6. The average Bonchev–Trinajstić information content (AvgIpc) is 1.96. The molecule has 0 spiro atoms. The zero-order valence-corrected chi connectivity index (χ0v) is 12.1. The third-order valence-corrected chi connectivity index (χ3v) is 3.35. The van der Waals surface area contributed by atoms with Crippen molar-refractivity contribution in [3.05, 3.63) is 0 Å². The Morgan fingerprint density at radius 3 is 2.44 bits per heavy atom. The fourth-order valence-electron chi connectivity index (χ4n) is 2.11. The number of alkyl halides is 1. The van der Waals surface area contributed by atoms with Crippen molar-refractivity contribution in [2.45, 2.75) is 63.4 Å². The number of amides is 1. The van der Waals surface area contributed by atoms with E-state index in [0.717, 1.165) is 12.8 Å². The van der Waals surface area contributed by atoms with Crippen LogP contribution >= 0.6 is 15.9 Å². The second kappa shape index (κ2) is 5.39. The molecule has 3 nitrogen and oxygen atoms in total. The van der Waals surface area contributed by atoms with Gasteiger partial charge in [-0.3, -0.25) is 0 Å². The first-order valence-corrected chi connectivity index (χ1v) is 6.81. The van der Waals surface area contributed by atoms with Gasteiger partial charge in [-0.1, -0.05) is 22.9 Å².